The Morgan fingerprint density at radius 2 is 2.00 bits per heavy atom. The van der Waals surface area contributed by atoms with Crippen molar-refractivity contribution in [3.05, 3.63) is 42.2 Å². The van der Waals surface area contributed by atoms with Gasteiger partial charge in [-0.25, -0.2) is 9.97 Å². The summed E-state index contributed by atoms with van der Waals surface area (Å²) >= 11 is 0. The first-order valence-electron chi connectivity index (χ1n) is 5.77. The Kier molecular flexibility index (Phi) is 4.04. The number of rotatable bonds is 5. The Bertz CT molecular complexity index is 569. The van der Waals surface area contributed by atoms with Gasteiger partial charge in [0.1, 0.15) is 12.1 Å². The van der Waals surface area contributed by atoms with Crippen LogP contribution in [0, 0.1) is 0 Å². The summed E-state index contributed by atoms with van der Waals surface area (Å²) in [5.74, 6) is 0.178. The number of amides is 1. The molecule has 0 saturated carbocycles. The Labute approximate surface area is 110 Å². The van der Waals surface area contributed by atoms with E-state index in [2.05, 4.69) is 15.3 Å². The average molecular weight is 258 g/mol. The quantitative estimate of drug-likeness (QED) is 0.730. The third-order valence-electron chi connectivity index (χ3n) is 2.55. The van der Waals surface area contributed by atoms with Crippen LogP contribution < -0.4 is 11.1 Å². The molecule has 0 aliphatic rings. The number of carbonyl (C=O) groups is 1. The largest absolute Gasteiger partial charge is 0.395 e. The molecule has 6 nitrogen and oxygen atoms in total. The second-order valence-electron chi connectivity index (χ2n) is 3.88. The fraction of sp³-hybridized carbons (Fsp3) is 0.154. The number of nitrogens with zero attached hydrogens (tertiary/aromatic N) is 2. The average Bonchev–Trinajstić information content (AvgIpc) is 2.45. The summed E-state index contributed by atoms with van der Waals surface area (Å²) in [7, 11) is 0. The van der Waals surface area contributed by atoms with Crippen LogP contribution in [0.3, 0.4) is 0 Å². The molecule has 4 N–H and O–H groups in total. The van der Waals surface area contributed by atoms with Gasteiger partial charge in [-0.05, 0) is 12.1 Å². The minimum atomic E-state index is -0.459. The number of nitrogens with two attached hydrogens (primary N) is 1. The number of hydrogen-bond acceptors (Lipinski definition) is 5. The van der Waals surface area contributed by atoms with Gasteiger partial charge in [-0.1, -0.05) is 12.1 Å². The smallest absolute Gasteiger partial charge is 0.248 e. The predicted octanol–water partition coefficient (Wildman–Crippen LogP) is 0.647. The van der Waals surface area contributed by atoms with Gasteiger partial charge in [0.2, 0.25) is 5.91 Å². The zero-order chi connectivity index (χ0) is 13.7. The lowest BCUT2D eigenvalue weighted by Gasteiger charge is -2.06. The highest BCUT2D eigenvalue weighted by Crippen LogP contribution is 2.19. The summed E-state index contributed by atoms with van der Waals surface area (Å²) in [4.78, 5) is 19.2. The van der Waals surface area contributed by atoms with Crippen LogP contribution in [0.4, 0.5) is 5.82 Å². The molecule has 0 bridgehead atoms. The molecular formula is C13H14N4O2. The molecule has 2 aromatic rings. The molecule has 0 unspecified atom stereocenters. The lowest BCUT2D eigenvalue weighted by atomic mass is 10.1. The van der Waals surface area contributed by atoms with Crippen LogP contribution in [-0.4, -0.2) is 34.1 Å². The molecule has 1 aromatic heterocycles. The summed E-state index contributed by atoms with van der Waals surface area (Å²) in [5.41, 5.74) is 7.23. The van der Waals surface area contributed by atoms with Gasteiger partial charge in [-0.2, -0.15) is 0 Å². The van der Waals surface area contributed by atoms with Gasteiger partial charge in [0.05, 0.1) is 12.3 Å². The van der Waals surface area contributed by atoms with Crippen molar-refractivity contribution in [3.63, 3.8) is 0 Å². The first-order chi connectivity index (χ1) is 9.20. The van der Waals surface area contributed by atoms with E-state index in [1.54, 1.807) is 30.3 Å². The SMILES string of the molecule is NC(=O)c1ccc(-c2cc(NCCO)ncn2)cc1. The molecule has 1 heterocycles. The van der Waals surface area contributed by atoms with Crippen molar-refractivity contribution in [2.75, 3.05) is 18.5 Å². The topological polar surface area (TPSA) is 101 Å². The maximum atomic E-state index is 11.0. The molecule has 19 heavy (non-hydrogen) atoms. The fourth-order valence-electron chi connectivity index (χ4n) is 1.60. The van der Waals surface area contributed by atoms with Crippen molar-refractivity contribution in [2.45, 2.75) is 0 Å². The summed E-state index contributed by atoms with van der Waals surface area (Å²) in [5, 5.41) is 11.7. The summed E-state index contributed by atoms with van der Waals surface area (Å²) in [6.07, 6.45) is 1.44. The van der Waals surface area contributed by atoms with E-state index in [1.807, 2.05) is 0 Å². The lowest BCUT2D eigenvalue weighted by molar-refractivity contribution is 0.100. The van der Waals surface area contributed by atoms with E-state index in [0.29, 0.717) is 17.9 Å². The Morgan fingerprint density at radius 3 is 2.63 bits per heavy atom. The van der Waals surface area contributed by atoms with E-state index in [1.165, 1.54) is 6.33 Å². The Hall–Kier alpha value is -2.47. The van der Waals surface area contributed by atoms with Crippen LogP contribution in [0.1, 0.15) is 10.4 Å². The van der Waals surface area contributed by atoms with Crippen LogP contribution >= 0.6 is 0 Å². The molecule has 6 heteroatoms. The first-order valence-corrected chi connectivity index (χ1v) is 5.77. The molecule has 0 radical (unpaired) electrons. The maximum Gasteiger partial charge on any atom is 0.248 e. The van der Waals surface area contributed by atoms with Crippen molar-refractivity contribution in [1.29, 1.82) is 0 Å². The number of nitrogens with one attached hydrogen (secondary N) is 1. The molecular weight excluding hydrogens is 244 g/mol. The maximum absolute atomic E-state index is 11.0. The van der Waals surface area contributed by atoms with Crippen LogP contribution in [-0.2, 0) is 0 Å². The summed E-state index contributed by atoms with van der Waals surface area (Å²) < 4.78 is 0. The van der Waals surface area contributed by atoms with Crippen LogP contribution in [0.2, 0.25) is 0 Å². The molecule has 0 aliphatic carbocycles. The molecule has 0 saturated heterocycles. The molecule has 1 amide bonds. The number of aromatic nitrogens is 2. The van der Waals surface area contributed by atoms with E-state index < -0.39 is 5.91 Å². The van der Waals surface area contributed by atoms with Crippen molar-refractivity contribution in [3.8, 4) is 11.3 Å². The fourth-order valence-corrected chi connectivity index (χ4v) is 1.60. The normalized spacial score (nSPS) is 10.2. The van der Waals surface area contributed by atoms with Crippen molar-refractivity contribution >= 4 is 11.7 Å². The van der Waals surface area contributed by atoms with E-state index in [-0.39, 0.29) is 6.61 Å². The number of anilines is 1. The first kappa shape index (κ1) is 13.0. The number of benzene rings is 1. The summed E-state index contributed by atoms with van der Waals surface area (Å²) in [6, 6.07) is 8.63. The van der Waals surface area contributed by atoms with Gasteiger partial charge in [-0.15, -0.1) is 0 Å². The Morgan fingerprint density at radius 1 is 1.26 bits per heavy atom. The van der Waals surface area contributed by atoms with E-state index in [0.717, 1.165) is 11.3 Å². The zero-order valence-electron chi connectivity index (χ0n) is 10.2. The number of aliphatic hydroxyl groups is 1. The van der Waals surface area contributed by atoms with E-state index in [4.69, 9.17) is 10.8 Å². The highest BCUT2D eigenvalue weighted by molar-refractivity contribution is 5.93. The number of aliphatic hydroxyl groups excluding tert-OH is 1. The second kappa shape index (κ2) is 5.92. The predicted molar refractivity (Wildman–Crippen MR) is 71.6 cm³/mol. The standard InChI is InChI=1S/C13H14N4O2/c14-13(19)10-3-1-9(2-4-10)11-7-12(15-5-6-18)17-8-16-11/h1-4,7-8,18H,5-6H2,(H2,14,19)(H,15,16,17). The second-order valence-corrected chi connectivity index (χ2v) is 3.88. The van der Waals surface area contributed by atoms with Gasteiger partial charge < -0.3 is 16.2 Å². The molecule has 0 spiro atoms. The molecule has 0 fully saturated rings. The molecule has 1 aromatic carbocycles. The molecule has 2 rings (SSSR count). The van der Waals surface area contributed by atoms with Gasteiger partial charge in [0.25, 0.3) is 0 Å². The number of carbonyl (C=O) groups excluding carboxylic acids is 1. The van der Waals surface area contributed by atoms with Gasteiger partial charge in [-0.3, -0.25) is 4.79 Å². The highest BCUT2D eigenvalue weighted by Gasteiger charge is 2.04. The lowest BCUT2D eigenvalue weighted by Crippen LogP contribution is -2.10. The number of hydrogen-bond donors (Lipinski definition) is 3. The number of primary amides is 1. The minimum Gasteiger partial charge on any atom is -0.395 e. The van der Waals surface area contributed by atoms with Crippen molar-refractivity contribution in [1.82, 2.24) is 9.97 Å². The van der Waals surface area contributed by atoms with Crippen molar-refractivity contribution < 1.29 is 9.90 Å². The van der Waals surface area contributed by atoms with E-state index >= 15 is 0 Å². The minimum absolute atomic E-state index is 0.0344. The van der Waals surface area contributed by atoms with Gasteiger partial charge in [0, 0.05) is 23.7 Å². The van der Waals surface area contributed by atoms with Gasteiger partial charge >= 0.3 is 0 Å². The Balaban J connectivity index is 2.23. The molecule has 98 valence electrons. The third kappa shape index (κ3) is 3.26. The van der Waals surface area contributed by atoms with E-state index in [9.17, 15) is 4.79 Å². The van der Waals surface area contributed by atoms with Crippen molar-refractivity contribution in [2.24, 2.45) is 5.73 Å². The molecule has 0 aliphatic heterocycles. The zero-order valence-corrected chi connectivity index (χ0v) is 10.2. The third-order valence-corrected chi connectivity index (χ3v) is 2.55. The summed E-state index contributed by atoms with van der Waals surface area (Å²) in [6.45, 7) is 0.462. The monoisotopic (exact) mass is 258 g/mol. The van der Waals surface area contributed by atoms with Crippen LogP contribution in [0.15, 0.2) is 36.7 Å². The molecule has 0 atom stereocenters. The highest BCUT2D eigenvalue weighted by atomic mass is 16.3. The van der Waals surface area contributed by atoms with Gasteiger partial charge in [0.15, 0.2) is 0 Å². The van der Waals surface area contributed by atoms with Crippen LogP contribution in [0.5, 0.6) is 0 Å². The van der Waals surface area contributed by atoms with Crippen LogP contribution in [0.25, 0.3) is 11.3 Å².